The van der Waals surface area contributed by atoms with E-state index in [1.54, 1.807) is 0 Å². The molecular formula is C17H32N4OS. The van der Waals surface area contributed by atoms with E-state index in [1.807, 2.05) is 11.8 Å². The minimum atomic E-state index is 0.144. The minimum absolute atomic E-state index is 0.144. The van der Waals surface area contributed by atoms with Crippen LogP contribution in [0.4, 0.5) is 0 Å². The normalized spacial score (nSPS) is 22.2. The zero-order valence-corrected chi connectivity index (χ0v) is 15.7. The molecule has 1 aliphatic heterocycles. The van der Waals surface area contributed by atoms with Gasteiger partial charge >= 0.3 is 0 Å². The quantitative estimate of drug-likeness (QED) is 0.595. The number of nitrogens with zero attached hydrogens (tertiary/aromatic N) is 2. The molecule has 0 aromatic heterocycles. The molecule has 2 rings (SSSR count). The fourth-order valence-corrected chi connectivity index (χ4v) is 4.37. The Bertz CT molecular complexity index is 419. The van der Waals surface area contributed by atoms with E-state index in [0.29, 0.717) is 19.0 Å². The van der Waals surface area contributed by atoms with E-state index in [4.69, 9.17) is 0 Å². The van der Waals surface area contributed by atoms with E-state index >= 15 is 0 Å². The summed E-state index contributed by atoms with van der Waals surface area (Å²) in [4.78, 5) is 19.0. The fraction of sp³-hybridized carbons (Fsp3) is 0.882. The summed E-state index contributed by atoms with van der Waals surface area (Å²) >= 11 is 2.02. The SMILES string of the molecule is CCNC(=NCCC(=O)NC1CCCC1)N1CCSC(C)(C)C1. The summed E-state index contributed by atoms with van der Waals surface area (Å²) < 4.78 is 0.258. The third-order valence-electron chi connectivity index (χ3n) is 4.38. The molecule has 0 atom stereocenters. The van der Waals surface area contributed by atoms with Crippen molar-refractivity contribution in [2.24, 2.45) is 4.99 Å². The van der Waals surface area contributed by atoms with Gasteiger partial charge in [-0.15, -0.1) is 0 Å². The Morgan fingerprint density at radius 1 is 1.35 bits per heavy atom. The van der Waals surface area contributed by atoms with Crippen LogP contribution in [-0.4, -0.2) is 59.5 Å². The highest BCUT2D eigenvalue weighted by Crippen LogP contribution is 2.29. The van der Waals surface area contributed by atoms with Crippen LogP contribution >= 0.6 is 11.8 Å². The number of hydrogen-bond donors (Lipinski definition) is 2. The molecule has 1 saturated carbocycles. The highest BCUT2D eigenvalue weighted by atomic mass is 32.2. The summed E-state index contributed by atoms with van der Waals surface area (Å²) in [5, 5.41) is 6.50. The molecule has 1 heterocycles. The van der Waals surface area contributed by atoms with Gasteiger partial charge in [0.2, 0.25) is 5.91 Å². The van der Waals surface area contributed by atoms with Crippen molar-refractivity contribution >= 4 is 23.6 Å². The van der Waals surface area contributed by atoms with Crippen LogP contribution in [-0.2, 0) is 4.79 Å². The van der Waals surface area contributed by atoms with E-state index in [-0.39, 0.29) is 10.7 Å². The molecule has 1 aliphatic carbocycles. The number of carbonyl (C=O) groups is 1. The molecule has 1 saturated heterocycles. The lowest BCUT2D eigenvalue weighted by molar-refractivity contribution is -0.121. The first-order valence-corrected chi connectivity index (χ1v) is 9.95. The van der Waals surface area contributed by atoms with E-state index in [1.165, 1.54) is 12.8 Å². The largest absolute Gasteiger partial charge is 0.357 e. The highest BCUT2D eigenvalue weighted by Gasteiger charge is 2.28. The average Bonchev–Trinajstić information content (AvgIpc) is 2.98. The summed E-state index contributed by atoms with van der Waals surface area (Å²) in [5.74, 6) is 2.22. The second-order valence-corrected chi connectivity index (χ2v) is 8.87. The van der Waals surface area contributed by atoms with Crippen LogP contribution in [0.15, 0.2) is 4.99 Å². The van der Waals surface area contributed by atoms with Crippen molar-refractivity contribution in [3.8, 4) is 0 Å². The number of amides is 1. The molecular weight excluding hydrogens is 308 g/mol. The lowest BCUT2D eigenvalue weighted by atomic mass is 10.2. The molecule has 5 nitrogen and oxygen atoms in total. The Morgan fingerprint density at radius 2 is 2.09 bits per heavy atom. The zero-order chi connectivity index (χ0) is 16.7. The lowest BCUT2D eigenvalue weighted by Crippen LogP contribution is -2.51. The third-order valence-corrected chi connectivity index (χ3v) is 5.68. The van der Waals surface area contributed by atoms with Crippen molar-refractivity contribution in [3.63, 3.8) is 0 Å². The molecule has 2 N–H and O–H groups in total. The van der Waals surface area contributed by atoms with Gasteiger partial charge in [-0.25, -0.2) is 0 Å². The van der Waals surface area contributed by atoms with Crippen molar-refractivity contribution in [1.29, 1.82) is 0 Å². The first-order valence-electron chi connectivity index (χ1n) is 8.97. The maximum Gasteiger partial charge on any atom is 0.222 e. The van der Waals surface area contributed by atoms with Crippen LogP contribution < -0.4 is 10.6 Å². The maximum absolute atomic E-state index is 12.0. The summed E-state index contributed by atoms with van der Waals surface area (Å²) in [7, 11) is 0. The first kappa shape index (κ1) is 18.4. The Balaban J connectivity index is 1.81. The molecule has 23 heavy (non-hydrogen) atoms. The highest BCUT2D eigenvalue weighted by molar-refractivity contribution is 8.00. The van der Waals surface area contributed by atoms with Gasteiger partial charge in [0.1, 0.15) is 0 Å². The van der Waals surface area contributed by atoms with Crippen molar-refractivity contribution < 1.29 is 4.79 Å². The fourth-order valence-electron chi connectivity index (χ4n) is 3.26. The maximum atomic E-state index is 12.0. The number of thioether (sulfide) groups is 1. The van der Waals surface area contributed by atoms with Crippen molar-refractivity contribution in [1.82, 2.24) is 15.5 Å². The van der Waals surface area contributed by atoms with Crippen molar-refractivity contribution in [2.45, 2.75) is 63.7 Å². The number of nitrogens with one attached hydrogen (secondary N) is 2. The molecule has 2 fully saturated rings. The average molecular weight is 341 g/mol. The number of rotatable bonds is 5. The van der Waals surface area contributed by atoms with Crippen molar-refractivity contribution in [2.75, 3.05) is 31.9 Å². The standard InChI is InChI=1S/C17H32N4OS/c1-4-18-16(21-11-12-23-17(2,3)13-21)19-10-9-15(22)20-14-7-5-6-8-14/h14H,4-13H2,1-3H3,(H,18,19)(H,20,22). The molecule has 0 aromatic rings. The lowest BCUT2D eigenvalue weighted by Gasteiger charge is -2.39. The number of hydrogen-bond acceptors (Lipinski definition) is 3. The van der Waals surface area contributed by atoms with Crippen LogP contribution in [0.2, 0.25) is 0 Å². The predicted octanol–water partition coefficient (Wildman–Crippen LogP) is 2.23. The van der Waals surface area contributed by atoms with E-state index in [9.17, 15) is 4.79 Å². The number of aliphatic imine (C=N–C) groups is 1. The Labute approximate surface area is 145 Å². The minimum Gasteiger partial charge on any atom is -0.357 e. The predicted molar refractivity (Wildman–Crippen MR) is 99.1 cm³/mol. The molecule has 6 heteroatoms. The Hall–Kier alpha value is -0.910. The van der Waals surface area contributed by atoms with Gasteiger partial charge in [-0.3, -0.25) is 9.79 Å². The second-order valence-electron chi connectivity index (χ2n) is 7.06. The van der Waals surface area contributed by atoms with Gasteiger partial charge in [0.15, 0.2) is 5.96 Å². The molecule has 2 aliphatic rings. The van der Waals surface area contributed by atoms with Crippen LogP contribution in [0.1, 0.15) is 52.9 Å². The summed E-state index contributed by atoms with van der Waals surface area (Å²) in [5.41, 5.74) is 0. The van der Waals surface area contributed by atoms with E-state index in [2.05, 4.69) is 41.3 Å². The van der Waals surface area contributed by atoms with E-state index < -0.39 is 0 Å². The molecule has 0 bridgehead atoms. The van der Waals surface area contributed by atoms with Gasteiger partial charge < -0.3 is 15.5 Å². The third kappa shape index (κ3) is 6.24. The van der Waals surface area contributed by atoms with E-state index in [0.717, 1.165) is 44.2 Å². The zero-order valence-electron chi connectivity index (χ0n) is 14.9. The van der Waals surface area contributed by atoms with Gasteiger partial charge in [0.05, 0.1) is 6.54 Å². The van der Waals surface area contributed by atoms with Gasteiger partial charge in [-0.1, -0.05) is 12.8 Å². The molecule has 1 amide bonds. The molecule has 0 unspecified atom stereocenters. The van der Waals surface area contributed by atoms with Gasteiger partial charge in [-0.2, -0.15) is 11.8 Å². The Morgan fingerprint density at radius 3 is 2.74 bits per heavy atom. The monoisotopic (exact) mass is 340 g/mol. The van der Waals surface area contributed by atoms with Gasteiger partial charge in [0.25, 0.3) is 0 Å². The smallest absolute Gasteiger partial charge is 0.222 e. The van der Waals surface area contributed by atoms with Crippen LogP contribution in [0.3, 0.4) is 0 Å². The van der Waals surface area contributed by atoms with Crippen LogP contribution in [0, 0.1) is 0 Å². The Kier molecular flexibility index (Phi) is 7.06. The molecule has 0 radical (unpaired) electrons. The summed E-state index contributed by atoms with van der Waals surface area (Å²) in [6.07, 6.45) is 5.25. The van der Waals surface area contributed by atoms with Crippen molar-refractivity contribution in [3.05, 3.63) is 0 Å². The second kappa shape index (κ2) is 8.81. The number of carbonyl (C=O) groups excluding carboxylic acids is 1. The summed E-state index contributed by atoms with van der Waals surface area (Å²) in [6.45, 7) is 10.1. The topological polar surface area (TPSA) is 56.7 Å². The van der Waals surface area contributed by atoms with Gasteiger partial charge in [0, 0.05) is 42.6 Å². The molecule has 0 aromatic carbocycles. The molecule has 132 valence electrons. The first-order chi connectivity index (χ1) is 11.0. The van der Waals surface area contributed by atoms with Crippen LogP contribution in [0.5, 0.6) is 0 Å². The molecule has 0 spiro atoms. The van der Waals surface area contributed by atoms with Crippen LogP contribution in [0.25, 0.3) is 0 Å². The summed E-state index contributed by atoms with van der Waals surface area (Å²) in [6, 6.07) is 0.402. The number of guanidine groups is 1. The van der Waals surface area contributed by atoms with Gasteiger partial charge in [-0.05, 0) is 33.6 Å².